The van der Waals surface area contributed by atoms with Crippen LogP contribution in [0.15, 0.2) is 41.7 Å². The lowest BCUT2D eigenvalue weighted by Crippen LogP contribution is -2.24. The Morgan fingerprint density at radius 1 is 1.33 bits per heavy atom. The minimum Gasteiger partial charge on any atom is -0.493 e. The van der Waals surface area contributed by atoms with Gasteiger partial charge in [0.05, 0.1) is 14.2 Å². The van der Waals surface area contributed by atoms with Crippen LogP contribution in [0.4, 0.5) is 5.69 Å². The summed E-state index contributed by atoms with van der Waals surface area (Å²) >= 11 is 0. The molecule has 1 aromatic heterocycles. The Morgan fingerprint density at radius 3 is 2.71 bits per heavy atom. The van der Waals surface area contributed by atoms with E-state index in [4.69, 9.17) is 15.2 Å². The molecular formula is C16H24IN5O2. The molecule has 3 N–H and O–H groups in total. The first-order valence-electron chi connectivity index (χ1n) is 7.38. The third-order valence-corrected chi connectivity index (χ3v) is 3.29. The quantitative estimate of drug-likeness (QED) is 0.389. The number of nitrogens with two attached hydrogens (primary N) is 1. The maximum absolute atomic E-state index is 5.93. The van der Waals surface area contributed by atoms with Crippen molar-refractivity contribution in [2.24, 2.45) is 16.6 Å². The molecule has 2 aromatic rings. The first-order valence-corrected chi connectivity index (χ1v) is 7.38. The molecular weight excluding hydrogens is 421 g/mol. The second-order valence-corrected chi connectivity index (χ2v) is 5.25. The summed E-state index contributed by atoms with van der Waals surface area (Å²) in [5.41, 5.74) is 6.73. The van der Waals surface area contributed by atoms with Crippen molar-refractivity contribution in [3.63, 3.8) is 0 Å². The van der Waals surface area contributed by atoms with E-state index in [0.29, 0.717) is 29.9 Å². The summed E-state index contributed by atoms with van der Waals surface area (Å²) in [5, 5.41) is 7.23. The molecule has 7 nitrogen and oxygen atoms in total. The third kappa shape index (κ3) is 5.91. The number of nitrogens with zero attached hydrogens (tertiary/aromatic N) is 3. The molecule has 0 aliphatic heterocycles. The Labute approximate surface area is 159 Å². The van der Waals surface area contributed by atoms with Gasteiger partial charge in [0, 0.05) is 37.2 Å². The number of hydrogen-bond donors (Lipinski definition) is 2. The van der Waals surface area contributed by atoms with Crippen LogP contribution >= 0.6 is 24.0 Å². The first-order chi connectivity index (χ1) is 11.1. The van der Waals surface area contributed by atoms with Crippen LogP contribution in [-0.4, -0.2) is 36.5 Å². The topological polar surface area (TPSA) is 86.7 Å². The van der Waals surface area contributed by atoms with Crippen LogP contribution in [0.25, 0.3) is 0 Å². The highest BCUT2D eigenvalue weighted by atomic mass is 127. The van der Waals surface area contributed by atoms with E-state index in [2.05, 4.69) is 22.3 Å². The number of aliphatic imine (C=N–C) groups is 1. The predicted octanol–water partition coefficient (Wildman–Crippen LogP) is 2.58. The Hall–Kier alpha value is -1.97. The van der Waals surface area contributed by atoms with Gasteiger partial charge in [0.15, 0.2) is 17.5 Å². The molecule has 1 heterocycles. The van der Waals surface area contributed by atoms with E-state index in [1.807, 2.05) is 35.1 Å². The van der Waals surface area contributed by atoms with Crippen molar-refractivity contribution in [3.8, 4) is 11.5 Å². The van der Waals surface area contributed by atoms with Gasteiger partial charge in [0.1, 0.15) is 0 Å². The number of rotatable bonds is 7. The van der Waals surface area contributed by atoms with Crippen LogP contribution in [0.3, 0.4) is 0 Å². The summed E-state index contributed by atoms with van der Waals surface area (Å²) in [4.78, 5) is 4.37. The van der Waals surface area contributed by atoms with Crippen molar-refractivity contribution in [2.75, 3.05) is 26.1 Å². The Balaban J connectivity index is 0.00000288. The average Bonchev–Trinajstić information content (AvgIpc) is 3.05. The zero-order valence-electron chi connectivity index (χ0n) is 14.1. The molecule has 0 aliphatic rings. The molecule has 2 rings (SSSR count). The zero-order valence-corrected chi connectivity index (χ0v) is 16.4. The Morgan fingerprint density at radius 2 is 2.08 bits per heavy atom. The van der Waals surface area contributed by atoms with Crippen molar-refractivity contribution in [2.45, 2.75) is 13.5 Å². The monoisotopic (exact) mass is 445 g/mol. The Kier molecular flexibility index (Phi) is 8.37. The number of nitrogens with one attached hydrogen (secondary N) is 1. The van der Waals surface area contributed by atoms with E-state index >= 15 is 0 Å². The van der Waals surface area contributed by atoms with Crippen LogP contribution < -0.4 is 20.5 Å². The number of ether oxygens (including phenoxy) is 2. The van der Waals surface area contributed by atoms with Gasteiger partial charge in [0.25, 0.3) is 0 Å². The molecule has 132 valence electrons. The summed E-state index contributed by atoms with van der Waals surface area (Å²) in [6, 6.07) is 7.39. The van der Waals surface area contributed by atoms with Crippen molar-refractivity contribution in [1.82, 2.24) is 9.78 Å². The molecule has 0 saturated heterocycles. The van der Waals surface area contributed by atoms with Gasteiger partial charge in [-0.15, -0.1) is 24.0 Å². The van der Waals surface area contributed by atoms with Crippen LogP contribution in [-0.2, 0) is 6.54 Å². The van der Waals surface area contributed by atoms with Crippen LogP contribution in [0.5, 0.6) is 11.5 Å². The molecule has 0 spiro atoms. The highest BCUT2D eigenvalue weighted by molar-refractivity contribution is 14.0. The van der Waals surface area contributed by atoms with Crippen molar-refractivity contribution in [3.05, 3.63) is 36.7 Å². The van der Waals surface area contributed by atoms with Crippen LogP contribution in [0, 0.1) is 5.92 Å². The number of halogens is 1. The molecule has 0 bridgehead atoms. The second-order valence-electron chi connectivity index (χ2n) is 5.25. The lowest BCUT2D eigenvalue weighted by molar-refractivity contribution is 0.355. The highest BCUT2D eigenvalue weighted by Gasteiger charge is 2.06. The van der Waals surface area contributed by atoms with E-state index in [1.54, 1.807) is 20.4 Å². The molecule has 0 fully saturated rings. The molecule has 1 atom stereocenters. The van der Waals surface area contributed by atoms with Crippen molar-refractivity contribution in [1.29, 1.82) is 0 Å². The van der Waals surface area contributed by atoms with E-state index in [-0.39, 0.29) is 24.0 Å². The molecule has 8 heteroatoms. The lowest BCUT2D eigenvalue weighted by Gasteiger charge is -2.12. The van der Waals surface area contributed by atoms with Gasteiger partial charge in [0.2, 0.25) is 0 Å². The van der Waals surface area contributed by atoms with E-state index in [9.17, 15) is 0 Å². The number of methoxy groups -OCH3 is 2. The SMILES string of the molecule is COc1ccc(NC(N)=NCC(C)Cn2cccn2)cc1OC.I. The maximum Gasteiger partial charge on any atom is 0.193 e. The summed E-state index contributed by atoms with van der Waals surface area (Å²) in [6.07, 6.45) is 3.70. The van der Waals surface area contributed by atoms with Crippen molar-refractivity contribution >= 4 is 35.6 Å². The third-order valence-electron chi connectivity index (χ3n) is 3.29. The van der Waals surface area contributed by atoms with Gasteiger partial charge in [-0.05, 0) is 24.1 Å². The largest absolute Gasteiger partial charge is 0.493 e. The number of hydrogen-bond acceptors (Lipinski definition) is 4. The smallest absolute Gasteiger partial charge is 0.193 e. The predicted molar refractivity (Wildman–Crippen MR) is 106 cm³/mol. The standard InChI is InChI=1S/C16H23N5O2.HI/c1-12(11-21-8-4-7-19-21)10-18-16(17)20-13-5-6-14(22-2)15(9-13)23-3;/h4-9,12H,10-11H2,1-3H3,(H3,17,18,20);1H. The van der Waals surface area contributed by atoms with Gasteiger partial charge in [-0.25, -0.2) is 0 Å². The van der Waals surface area contributed by atoms with E-state index in [1.165, 1.54) is 0 Å². The normalized spacial score (nSPS) is 12.2. The first kappa shape index (κ1) is 20.1. The van der Waals surface area contributed by atoms with Gasteiger partial charge >= 0.3 is 0 Å². The number of aromatic nitrogens is 2. The van der Waals surface area contributed by atoms with E-state index < -0.39 is 0 Å². The summed E-state index contributed by atoms with van der Waals surface area (Å²) < 4.78 is 12.3. The van der Waals surface area contributed by atoms with Crippen LogP contribution in [0.1, 0.15) is 6.92 Å². The second kappa shape index (κ2) is 10.0. The number of guanidine groups is 1. The minimum atomic E-state index is 0. The molecule has 0 saturated carbocycles. The minimum absolute atomic E-state index is 0. The molecule has 0 amide bonds. The van der Waals surface area contributed by atoms with Gasteiger partial charge in [-0.1, -0.05) is 6.92 Å². The summed E-state index contributed by atoms with van der Waals surface area (Å²) in [5.74, 6) is 2.00. The fraction of sp³-hybridized carbons (Fsp3) is 0.375. The molecule has 24 heavy (non-hydrogen) atoms. The molecule has 0 aliphatic carbocycles. The fourth-order valence-corrected chi connectivity index (χ4v) is 2.14. The maximum atomic E-state index is 5.93. The molecule has 0 radical (unpaired) electrons. The molecule has 1 aromatic carbocycles. The highest BCUT2D eigenvalue weighted by Crippen LogP contribution is 2.29. The molecule has 1 unspecified atom stereocenters. The van der Waals surface area contributed by atoms with E-state index in [0.717, 1.165) is 12.2 Å². The summed E-state index contributed by atoms with van der Waals surface area (Å²) in [6.45, 7) is 3.53. The summed E-state index contributed by atoms with van der Waals surface area (Å²) in [7, 11) is 3.19. The van der Waals surface area contributed by atoms with Gasteiger partial charge in [-0.3, -0.25) is 9.67 Å². The van der Waals surface area contributed by atoms with Gasteiger partial charge in [-0.2, -0.15) is 5.10 Å². The fourth-order valence-electron chi connectivity index (χ4n) is 2.14. The average molecular weight is 445 g/mol. The number of anilines is 1. The van der Waals surface area contributed by atoms with Crippen LogP contribution in [0.2, 0.25) is 0 Å². The zero-order chi connectivity index (χ0) is 16.7. The number of benzene rings is 1. The lowest BCUT2D eigenvalue weighted by atomic mass is 10.2. The Bertz CT molecular complexity index is 646. The van der Waals surface area contributed by atoms with Gasteiger partial charge < -0.3 is 20.5 Å². The van der Waals surface area contributed by atoms with Crippen molar-refractivity contribution < 1.29 is 9.47 Å².